The molecule has 4 heteroatoms. The number of hydrogen-bond donors (Lipinski definition) is 1. The van der Waals surface area contributed by atoms with Gasteiger partial charge in [0.05, 0.1) is 0 Å². The number of nitrogens with zero attached hydrogens (tertiary/aromatic N) is 2. The molecule has 0 unspecified atom stereocenters. The first-order chi connectivity index (χ1) is 9.70. The van der Waals surface area contributed by atoms with Crippen LogP contribution < -0.4 is 0 Å². The van der Waals surface area contributed by atoms with Crippen LogP contribution in [0.4, 0.5) is 0 Å². The van der Waals surface area contributed by atoms with Crippen LogP contribution in [0.3, 0.4) is 0 Å². The molecule has 20 heavy (non-hydrogen) atoms. The van der Waals surface area contributed by atoms with Gasteiger partial charge in [-0.2, -0.15) is 0 Å². The second-order valence-corrected chi connectivity index (χ2v) is 4.85. The molecule has 4 nitrogen and oxygen atoms in total. The Morgan fingerprint density at radius 3 is 2.55 bits per heavy atom. The predicted octanol–water partition coefficient (Wildman–Crippen LogP) is 2.50. The molecular formula is C16H14N2O2. The largest absolute Gasteiger partial charge is 0.410 e. The first-order valence-corrected chi connectivity index (χ1v) is 6.37. The Labute approximate surface area is 117 Å². The van der Waals surface area contributed by atoms with Gasteiger partial charge in [0.15, 0.2) is 5.71 Å². The fraction of sp³-hybridized carbons (Fsp3) is 0.125. The maximum atomic E-state index is 12.0. The van der Waals surface area contributed by atoms with Gasteiger partial charge in [0, 0.05) is 19.2 Å². The van der Waals surface area contributed by atoms with Gasteiger partial charge < -0.3 is 10.1 Å². The van der Waals surface area contributed by atoms with E-state index >= 15 is 0 Å². The lowest BCUT2D eigenvalue weighted by Gasteiger charge is -2.25. The first-order valence-electron chi connectivity index (χ1n) is 6.37. The molecule has 1 heterocycles. The minimum Gasteiger partial charge on any atom is -0.410 e. The zero-order valence-corrected chi connectivity index (χ0v) is 11.1. The second kappa shape index (κ2) is 4.81. The second-order valence-electron chi connectivity index (χ2n) is 4.85. The van der Waals surface area contributed by atoms with E-state index in [1.54, 1.807) is 11.9 Å². The van der Waals surface area contributed by atoms with Crippen LogP contribution >= 0.6 is 0 Å². The molecular weight excluding hydrogens is 252 g/mol. The summed E-state index contributed by atoms with van der Waals surface area (Å²) in [6.07, 6.45) is 0. The highest BCUT2D eigenvalue weighted by Crippen LogP contribution is 2.26. The third kappa shape index (κ3) is 1.95. The van der Waals surface area contributed by atoms with Crippen molar-refractivity contribution in [3.05, 3.63) is 59.7 Å². The zero-order valence-electron chi connectivity index (χ0n) is 11.1. The predicted molar refractivity (Wildman–Crippen MR) is 76.7 cm³/mol. The Morgan fingerprint density at radius 1 is 1.10 bits per heavy atom. The molecule has 0 aromatic heterocycles. The standard InChI is InChI=1S/C16H14N2O2/c1-18-10-13-8-7-12(11-5-3-2-4-6-11)9-14(13)15(17-20)16(18)19/h2-9,20H,10H2,1H3. The highest BCUT2D eigenvalue weighted by Gasteiger charge is 2.27. The number of hydrogen-bond acceptors (Lipinski definition) is 3. The minimum absolute atomic E-state index is 0.103. The number of rotatable bonds is 1. The molecule has 0 aliphatic carbocycles. The molecule has 2 aromatic carbocycles. The van der Waals surface area contributed by atoms with E-state index < -0.39 is 0 Å². The van der Waals surface area contributed by atoms with Crippen molar-refractivity contribution in [1.82, 2.24) is 4.90 Å². The molecule has 1 N–H and O–H groups in total. The summed E-state index contributed by atoms with van der Waals surface area (Å²) in [4.78, 5) is 13.5. The van der Waals surface area contributed by atoms with Crippen molar-refractivity contribution < 1.29 is 10.0 Å². The average molecular weight is 266 g/mol. The number of carbonyl (C=O) groups is 1. The smallest absolute Gasteiger partial charge is 0.276 e. The van der Waals surface area contributed by atoms with Gasteiger partial charge in [-0.25, -0.2) is 0 Å². The first kappa shape index (κ1) is 12.4. The summed E-state index contributed by atoms with van der Waals surface area (Å²) >= 11 is 0. The van der Waals surface area contributed by atoms with E-state index in [9.17, 15) is 4.79 Å². The Morgan fingerprint density at radius 2 is 1.85 bits per heavy atom. The van der Waals surface area contributed by atoms with E-state index in [1.807, 2.05) is 48.5 Å². The minimum atomic E-state index is -0.259. The number of likely N-dealkylation sites (N-methyl/N-ethyl adjacent to an activating group) is 1. The van der Waals surface area contributed by atoms with Gasteiger partial charge in [-0.3, -0.25) is 4.79 Å². The van der Waals surface area contributed by atoms with Crippen LogP contribution in [0.15, 0.2) is 53.7 Å². The van der Waals surface area contributed by atoms with Gasteiger partial charge in [0.2, 0.25) is 0 Å². The third-order valence-electron chi connectivity index (χ3n) is 3.53. The van der Waals surface area contributed by atoms with Crippen LogP contribution in [0.5, 0.6) is 0 Å². The Hall–Kier alpha value is -2.62. The SMILES string of the molecule is CN1Cc2ccc(-c3ccccc3)cc2C(=NO)C1=O. The lowest BCUT2D eigenvalue weighted by atomic mass is 9.93. The summed E-state index contributed by atoms with van der Waals surface area (Å²) in [5.74, 6) is -0.259. The molecule has 0 bridgehead atoms. The molecule has 0 saturated heterocycles. The summed E-state index contributed by atoms with van der Waals surface area (Å²) in [6.45, 7) is 0.530. The fourth-order valence-electron chi connectivity index (χ4n) is 2.46. The van der Waals surface area contributed by atoms with Crippen molar-refractivity contribution in [2.24, 2.45) is 5.16 Å². The molecule has 0 saturated carbocycles. The quantitative estimate of drug-likeness (QED) is 0.637. The molecule has 100 valence electrons. The number of amides is 1. The maximum absolute atomic E-state index is 12.0. The van der Waals surface area contributed by atoms with Crippen molar-refractivity contribution >= 4 is 11.6 Å². The van der Waals surface area contributed by atoms with Crippen LogP contribution in [0.25, 0.3) is 11.1 Å². The lowest BCUT2D eigenvalue weighted by Crippen LogP contribution is -2.38. The molecule has 0 atom stereocenters. The highest BCUT2D eigenvalue weighted by molar-refractivity contribution is 6.46. The van der Waals surface area contributed by atoms with Gasteiger partial charge >= 0.3 is 0 Å². The summed E-state index contributed by atoms with van der Waals surface area (Å²) in [7, 11) is 1.70. The number of fused-ring (bicyclic) bond motifs is 1. The molecule has 0 spiro atoms. The number of carbonyl (C=O) groups excluding carboxylic acids is 1. The van der Waals surface area contributed by atoms with Crippen LogP contribution in [-0.2, 0) is 11.3 Å². The van der Waals surface area contributed by atoms with Crippen molar-refractivity contribution in [3.63, 3.8) is 0 Å². The van der Waals surface area contributed by atoms with Crippen LogP contribution in [0.1, 0.15) is 11.1 Å². The molecule has 1 aliphatic rings. The Bertz CT molecular complexity index is 693. The summed E-state index contributed by atoms with van der Waals surface area (Å²) in [5, 5.41) is 12.3. The maximum Gasteiger partial charge on any atom is 0.276 e. The third-order valence-corrected chi connectivity index (χ3v) is 3.53. The Kier molecular flexibility index (Phi) is 2.99. The summed E-state index contributed by atoms with van der Waals surface area (Å²) in [6, 6.07) is 15.8. The van der Waals surface area contributed by atoms with Crippen LogP contribution in [-0.4, -0.2) is 28.8 Å². The van der Waals surface area contributed by atoms with E-state index in [2.05, 4.69) is 5.16 Å². The van der Waals surface area contributed by atoms with Gasteiger partial charge in [0.1, 0.15) is 0 Å². The van der Waals surface area contributed by atoms with Crippen molar-refractivity contribution in [2.45, 2.75) is 6.54 Å². The van der Waals surface area contributed by atoms with Crippen molar-refractivity contribution in [3.8, 4) is 11.1 Å². The van der Waals surface area contributed by atoms with E-state index in [0.717, 1.165) is 16.7 Å². The van der Waals surface area contributed by atoms with E-state index in [0.29, 0.717) is 12.1 Å². The summed E-state index contributed by atoms with van der Waals surface area (Å²) < 4.78 is 0. The molecule has 3 rings (SSSR count). The fourth-order valence-corrected chi connectivity index (χ4v) is 2.46. The molecule has 1 aliphatic heterocycles. The van der Waals surface area contributed by atoms with E-state index in [4.69, 9.17) is 5.21 Å². The summed E-state index contributed by atoms with van der Waals surface area (Å²) in [5.41, 5.74) is 3.87. The van der Waals surface area contributed by atoms with Crippen LogP contribution in [0, 0.1) is 0 Å². The molecule has 2 aromatic rings. The zero-order chi connectivity index (χ0) is 14.1. The lowest BCUT2D eigenvalue weighted by molar-refractivity contribution is -0.123. The van der Waals surface area contributed by atoms with Crippen molar-refractivity contribution in [1.29, 1.82) is 0 Å². The van der Waals surface area contributed by atoms with E-state index in [1.165, 1.54) is 0 Å². The van der Waals surface area contributed by atoms with Gasteiger partial charge in [-0.1, -0.05) is 47.6 Å². The van der Waals surface area contributed by atoms with Crippen LogP contribution in [0.2, 0.25) is 0 Å². The normalized spacial score (nSPS) is 16.4. The molecule has 0 radical (unpaired) electrons. The monoisotopic (exact) mass is 266 g/mol. The molecule has 1 amide bonds. The van der Waals surface area contributed by atoms with Gasteiger partial charge in [0.25, 0.3) is 5.91 Å². The van der Waals surface area contributed by atoms with Gasteiger partial charge in [-0.05, 0) is 22.8 Å². The topological polar surface area (TPSA) is 52.9 Å². The molecule has 0 fully saturated rings. The average Bonchev–Trinajstić information content (AvgIpc) is 2.49. The van der Waals surface area contributed by atoms with E-state index in [-0.39, 0.29) is 11.6 Å². The number of benzene rings is 2. The number of oxime groups is 1. The van der Waals surface area contributed by atoms with Gasteiger partial charge in [-0.15, -0.1) is 0 Å². The highest BCUT2D eigenvalue weighted by atomic mass is 16.4. The van der Waals surface area contributed by atoms with Crippen molar-refractivity contribution in [2.75, 3.05) is 7.05 Å². The Balaban J connectivity index is 2.13.